The highest BCUT2D eigenvalue weighted by Gasteiger charge is 2.58. The second kappa shape index (κ2) is 41.6. The van der Waals surface area contributed by atoms with Crippen molar-refractivity contribution in [3.63, 3.8) is 0 Å². The van der Waals surface area contributed by atoms with E-state index in [2.05, 4.69) is 42.5 Å². The molecular weight excluding hydrogens is 1860 g/mol. The summed E-state index contributed by atoms with van der Waals surface area (Å²) in [7, 11) is 0. The van der Waals surface area contributed by atoms with Gasteiger partial charge in [-0.3, -0.25) is 33.1 Å². The Bertz CT molecular complexity index is 6130. The second-order valence-corrected chi connectivity index (χ2v) is 33.6. The van der Waals surface area contributed by atoms with Crippen molar-refractivity contribution in [1.82, 2.24) is 59.4 Å². The van der Waals surface area contributed by atoms with E-state index in [1.54, 1.807) is 146 Å². The molecule has 43 heteroatoms. The van der Waals surface area contributed by atoms with Gasteiger partial charge in [0.25, 0.3) is 0 Å². The third-order valence-corrected chi connectivity index (χ3v) is 25.2. The van der Waals surface area contributed by atoms with Gasteiger partial charge in [0.15, 0.2) is 11.6 Å². The van der Waals surface area contributed by atoms with Gasteiger partial charge in [-0.2, -0.15) is 94.3 Å². The van der Waals surface area contributed by atoms with Gasteiger partial charge in [0.1, 0.15) is 43.3 Å². The van der Waals surface area contributed by atoms with E-state index in [1.165, 1.54) is 52.4 Å². The van der Waals surface area contributed by atoms with Gasteiger partial charge in [-0.25, -0.2) is 39.3 Å². The number of likely N-dealkylation sites (tertiary alicyclic amines) is 2. The molecule has 25 nitrogen and oxygen atoms in total. The average Bonchev–Trinajstić information content (AvgIpc) is 1.36. The van der Waals surface area contributed by atoms with Crippen LogP contribution in [0, 0.1) is 0 Å². The SMILES string of the molecule is C=CC(=O)[C@]1(n2cn[nH]c2=O)CC[C@@](CO[C@H](C)c2cc(C(F)(F)F)cc(C(F)(F)F)c2)(c2ccccc2)N(C(=O)OCc2ccccc2)C1.CCC(=O)[C@]1(n2cn[nH]c2=O)CC[C@@](CO[C@H](C)c2cc(C(F)(F)F)cc(C(F)(F)F)c2)(c2ccccc2)NC1.C[C@@H](OC[C@@]1(c2ccccc2)CC[C@](CO)(n2cn[nH]c2=O)CN1C(=O)OCc1ccccc1)c1cc(C(F)(F)F)cc(C(F)(F)F)c1. The lowest BCUT2D eigenvalue weighted by atomic mass is 9.73. The van der Waals surface area contributed by atoms with E-state index >= 15 is 0 Å². The summed E-state index contributed by atoms with van der Waals surface area (Å²) in [6, 6.07) is 47.2. The average molecular weight is 1950 g/mol. The summed E-state index contributed by atoms with van der Waals surface area (Å²) in [6.07, 6.45) is -30.5. The Morgan fingerprint density at radius 3 is 1.06 bits per heavy atom. The Morgan fingerprint density at radius 2 is 0.739 bits per heavy atom. The van der Waals surface area contributed by atoms with Crippen molar-refractivity contribution in [2.45, 2.75) is 174 Å². The number of ether oxygens (including phenoxy) is 5. The number of rotatable bonds is 27. The summed E-state index contributed by atoms with van der Waals surface area (Å²) >= 11 is 0. The number of halogens is 18. The molecule has 6 heterocycles. The van der Waals surface area contributed by atoms with Crippen molar-refractivity contribution >= 4 is 23.8 Å². The molecule has 0 radical (unpaired) electrons. The first kappa shape index (κ1) is 104. The lowest BCUT2D eigenvalue weighted by Crippen LogP contribution is -2.65. The van der Waals surface area contributed by atoms with E-state index in [9.17, 15) is 118 Å². The zero-order valence-electron chi connectivity index (χ0n) is 73.9. The molecule has 0 spiro atoms. The minimum absolute atomic E-state index is 0.0214. The van der Waals surface area contributed by atoms with Crippen LogP contribution in [-0.2, 0) is 117 Å². The highest BCUT2D eigenvalue weighted by atomic mass is 19.4. The van der Waals surface area contributed by atoms with Gasteiger partial charge in [0.2, 0.25) is 0 Å². The fourth-order valence-electron chi connectivity index (χ4n) is 17.3. The van der Waals surface area contributed by atoms with E-state index in [4.69, 9.17) is 23.7 Å². The number of alkyl halides is 18. The number of allylic oxidation sites excluding steroid dienone is 1. The number of ketones is 2. The third-order valence-electron chi connectivity index (χ3n) is 25.2. The van der Waals surface area contributed by atoms with Crippen molar-refractivity contribution in [1.29, 1.82) is 0 Å². The van der Waals surface area contributed by atoms with E-state index in [0.29, 0.717) is 58.7 Å². The predicted octanol–water partition coefficient (Wildman–Crippen LogP) is 18.9. The standard InChI is InChI=1S/C35H32F6N4O5.C33H32F6N4O5.C27H28F6N4O3/c1-3-29(46)32(45-22-42-43-30(45)47)14-15-33(26-12-8-5-9-13-26,44(20-32)31(48)49-19-24-10-6-4-7-11-24)21-50-23(2)25-16-27(34(36,37)38)18-28(17-25)35(39,40)41;1-22(24-14-26(32(34,35)36)16-27(15-24)33(37,38)39)48-20-31(25-10-6-3-7-11-25)13-12-30(19-44,43-21-40-41-28(43)45)18-42(31)29(46)47-17-23-8-4-2-5-9-23;1-3-22(38)25(37-16-35-36-23(37)39)10-9-24(34-14-25,19-7-5-4-6-8-19)15-40-17(2)18-11-20(26(28,29)30)13-21(12-18)27(31,32)33/h3-13,16-18,22-23H,1,14-15,19-21H2,2H3,(H,43,47);2-11,14-16,21-22,44H,12-13,17-20H2,1H3,(H,41,45);4-8,11-13,16-17,34H,3,9-10,14-15H2,1-2H3,(H,36,39)/t23-,32+,33-;22-,30+,31-;17-,24-,25+/m111/s1. The number of carbonyl (C=O) groups excluding carboxylic acids is 4. The number of hydrogen-bond donors (Lipinski definition) is 5. The minimum atomic E-state index is -5.07. The molecule has 3 fully saturated rings. The number of benzene rings is 8. The number of Topliss-reactive ketones (excluding diaryl/α,β-unsaturated/α-hetero) is 1. The van der Waals surface area contributed by atoms with Gasteiger partial charge in [-0.1, -0.05) is 165 Å². The molecule has 11 aromatic rings. The van der Waals surface area contributed by atoms with Gasteiger partial charge < -0.3 is 34.1 Å². The highest BCUT2D eigenvalue weighted by Crippen LogP contribution is 2.51. The molecular formula is C95H92F18N12O13. The maximum Gasteiger partial charge on any atom is 0.416 e. The number of aliphatic hydroxyl groups is 1. The monoisotopic (exact) mass is 1950 g/mol. The largest absolute Gasteiger partial charge is 0.445 e. The zero-order chi connectivity index (χ0) is 100. The number of nitrogens with zero attached hydrogens (tertiary/aromatic N) is 8. The molecule has 14 rings (SSSR count). The van der Waals surface area contributed by atoms with Gasteiger partial charge in [0.05, 0.1) is 113 Å². The number of H-pyrrole nitrogens is 3. The summed E-state index contributed by atoms with van der Waals surface area (Å²) in [5.74, 6) is -0.801. The summed E-state index contributed by atoms with van der Waals surface area (Å²) in [4.78, 5) is 95.4. The van der Waals surface area contributed by atoms with Gasteiger partial charge in [-0.05, 0) is 164 Å². The maximum absolute atomic E-state index is 14.2. The number of aromatic nitrogens is 9. The predicted molar refractivity (Wildman–Crippen MR) is 459 cm³/mol. The van der Waals surface area contributed by atoms with Crippen LogP contribution in [0.5, 0.6) is 0 Å². The molecule has 0 aliphatic carbocycles. The van der Waals surface area contributed by atoms with E-state index in [0.717, 1.165) is 22.5 Å². The summed E-state index contributed by atoms with van der Waals surface area (Å²) in [5, 5.41) is 32.1. The van der Waals surface area contributed by atoms with Crippen LogP contribution in [0.2, 0.25) is 0 Å². The lowest BCUT2D eigenvalue weighted by Gasteiger charge is -2.53. The highest BCUT2D eigenvalue weighted by molar-refractivity contribution is 5.96. The van der Waals surface area contributed by atoms with Crippen molar-refractivity contribution < 1.29 is 127 Å². The fraction of sp³-hybridized carbons (Fsp3) is 0.368. The summed E-state index contributed by atoms with van der Waals surface area (Å²) in [6.45, 7) is 6.67. The zero-order valence-corrected chi connectivity index (χ0v) is 73.9. The van der Waals surface area contributed by atoms with Crippen molar-refractivity contribution in [3.8, 4) is 0 Å². The molecule has 8 aromatic carbocycles. The Kier molecular flexibility index (Phi) is 31.2. The Labute approximate surface area is 774 Å². The first-order valence-electron chi connectivity index (χ1n) is 42.8. The number of piperidine rings is 3. The Balaban J connectivity index is 0.000000187. The number of amides is 2. The minimum Gasteiger partial charge on any atom is -0.445 e. The molecule has 2 amide bonds. The van der Waals surface area contributed by atoms with Crippen LogP contribution < -0.4 is 22.4 Å². The molecule has 138 heavy (non-hydrogen) atoms. The number of hydrogen-bond acceptors (Lipinski definition) is 17. The second-order valence-electron chi connectivity index (χ2n) is 33.6. The first-order valence-corrected chi connectivity index (χ1v) is 42.8. The van der Waals surface area contributed by atoms with E-state index < -0.39 is 189 Å². The topological polar surface area (TPSA) is 305 Å². The Hall–Kier alpha value is -13.3. The molecule has 736 valence electrons. The van der Waals surface area contributed by atoms with Crippen LogP contribution in [0.4, 0.5) is 88.6 Å². The smallest absolute Gasteiger partial charge is 0.416 e. The van der Waals surface area contributed by atoms with Crippen molar-refractivity contribution in [3.05, 3.63) is 347 Å². The molecule has 0 unspecified atom stereocenters. The maximum atomic E-state index is 14.2. The third kappa shape index (κ3) is 22.9. The number of aliphatic hydroxyl groups excluding tert-OH is 1. The van der Waals surface area contributed by atoms with E-state index in [-0.39, 0.29) is 113 Å². The van der Waals surface area contributed by atoms with Crippen LogP contribution in [0.25, 0.3) is 0 Å². The van der Waals surface area contributed by atoms with Crippen LogP contribution in [0.15, 0.2) is 252 Å². The van der Waals surface area contributed by atoms with Crippen molar-refractivity contribution in [2.75, 3.05) is 46.1 Å². The summed E-state index contributed by atoms with van der Waals surface area (Å²) < 4.78 is 277. The first-order chi connectivity index (χ1) is 65.0. The van der Waals surface area contributed by atoms with Gasteiger partial charge >= 0.3 is 66.3 Å². The molecule has 0 bridgehead atoms. The quantitative estimate of drug-likeness (QED) is 0.0236. The molecule has 3 saturated heterocycles. The molecule has 5 N–H and O–H groups in total. The van der Waals surface area contributed by atoms with Crippen LogP contribution in [-0.4, -0.2) is 129 Å². The van der Waals surface area contributed by atoms with Crippen LogP contribution in [0.1, 0.15) is 169 Å². The molecule has 9 atom stereocenters. The number of aromatic amines is 3. The Morgan fingerprint density at radius 1 is 0.420 bits per heavy atom. The fourth-order valence-corrected chi connectivity index (χ4v) is 17.3. The van der Waals surface area contributed by atoms with Crippen LogP contribution >= 0.6 is 0 Å². The molecule has 3 aliphatic rings. The van der Waals surface area contributed by atoms with Gasteiger partial charge in [-0.15, -0.1) is 0 Å². The molecule has 3 aromatic heterocycles. The number of carbonyl (C=O) groups is 4. The van der Waals surface area contributed by atoms with E-state index in [1.807, 2.05) is 12.1 Å². The molecule has 0 saturated carbocycles. The van der Waals surface area contributed by atoms with Crippen molar-refractivity contribution in [2.24, 2.45) is 0 Å². The normalized spacial score (nSPS) is 21.2. The lowest BCUT2D eigenvalue weighted by molar-refractivity contribution is -0.145. The number of nitrogens with one attached hydrogen (secondary N) is 4. The summed E-state index contributed by atoms with van der Waals surface area (Å²) in [5.41, 5.74) is -16.9. The van der Waals surface area contributed by atoms with Gasteiger partial charge in [0, 0.05) is 13.0 Å². The van der Waals surface area contributed by atoms with Crippen LogP contribution in [0.3, 0.4) is 0 Å². The molecule has 3 aliphatic heterocycles.